The van der Waals surface area contributed by atoms with Crippen molar-refractivity contribution < 1.29 is 4.79 Å². The highest BCUT2D eigenvalue weighted by Gasteiger charge is 2.24. The predicted octanol–water partition coefficient (Wildman–Crippen LogP) is 5.52. The number of pyridine rings is 1. The van der Waals surface area contributed by atoms with Gasteiger partial charge in [0.2, 0.25) is 5.95 Å². The Labute approximate surface area is 240 Å². The van der Waals surface area contributed by atoms with Crippen LogP contribution in [0.3, 0.4) is 0 Å². The third kappa shape index (κ3) is 5.73. The maximum Gasteiger partial charge on any atom is 0.273 e. The molecule has 1 amide bonds. The Balaban J connectivity index is 1.19. The molecule has 12 heteroatoms. The van der Waals surface area contributed by atoms with Gasteiger partial charge in [0.15, 0.2) is 0 Å². The van der Waals surface area contributed by atoms with Gasteiger partial charge in [0.05, 0.1) is 21.3 Å². The molecular formula is C28H29N9OS2. The fourth-order valence-electron chi connectivity index (χ4n) is 4.64. The molecule has 40 heavy (non-hydrogen) atoms. The van der Waals surface area contributed by atoms with Crippen molar-refractivity contribution in [3.05, 3.63) is 65.5 Å². The van der Waals surface area contributed by atoms with E-state index in [0.29, 0.717) is 31.3 Å². The summed E-state index contributed by atoms with van der Waals surface area (Å²) in [5.74, 6) is 1.37. The van der Waals surface area contributed by atoms with Crippen LogP contribution in [0.2, 0.25) is 0 Å². The number of nitrogens with one attached hydrogen (secondary N) is 2. The number of anilines is 4. The number of nitrogens with zero attached hydrogens (tertiary/aromatic N) is 7. The molecule has 1 saturated heterocycles. The highest BCUT2D eigenvalue weighted by atomic mass is 32.1. The topological polar surface area (TPSA) is 112 Å². The Morgan fingerprint density at radius 1 is 1.00 bits per heavy atom. The summed E-state index contributed by atoms with van der Waals surface area (Å²) in [7, 11) is 0. The molecule has 0 saturated carbocycles. The third-order valence-corrected chi connectivity index (χ3v) is 8.19. The van der Waals surface area contributed by atoms with E-state index in [9.17, 15) is 4.79 Å². The predicted molar refractivity (Wildman–Crippen MR) is 162 cm³/mol. The lowest BCUT2D eigenvalue weighted by Gasteiger charge is -2.21. The maximum atomic E-state index is 13.4. The minimum atomic E-state index is -0.0543. The number of carbonyl (C=O) groups is 1. The van der Waals surface area contributed by atoms with Gasteiger partial charge in [-0.1, -0.05) is 0 Å². The molecule has 1 fully saturated rings. The molecule has 10 nitrogen and oxygen atoms in total. The summed E-state index contributed by atoms with van der Waals surface area (Å²) in [5, 5.41) is 9.52. The highest BCUT2D eigenvalue weighted by Crippen LogP contribution is 2.33. The van der Waals surface area contributed by atoms with Crippen molar-refractivity contribution in [1.82, 2.24) is 29.8 Å². The first-order chi connectivity index (χ1) is 19.5. The van der Waals surface area contributed by atoms with Crippen LogP contribution in [0.4, 0.5) is 23.1 Å². The number of amides is 1. The number of benzene rings is 1. The van der Waals surface area contributed by atoms with E-state index in [4.69, 9.17) is 4.98 Å². The van der Waals surface area contributed by atoms with Crippen molar-refractivity contribution >= 4 is 61.9 Å². The second-order valence-corrected chi connectivity index (χ2v) is 11.5. The van der Waals surface area contributed by atoms with E-state index in [-0.39, 0.29) is 11.9 Å². The number of aromatic nitrogens is 5. The molecule has 2 N–H and O–H groups in total. The van der Waals surface area contributed by atoms with Crippen molar-refractivity contribution in [2.45, 2.75) is 26.3 Å². The Morgan fingerprint density at radius 3 is 2.73 bits per heavy atom. The van der Waals surface area contributed by atoms with Gasteiger partial charge in [-0.05, 0) is 44.5 Å². The van der Waals surface area contributed by atoms with Crippen molar-refractivity contribution in [3.63, 3.8) is 0 Å². The first-order valence-electron chi connectivity index (χ1n) is 13.2. The van der Waals surface area contributed by atoms with Gasteiger partial charge >= 0.3 is 0 Å². The fourth-order valence-corrected chi connectivity index (χ4v) is 6.17. The standard InChI is InChI=1S/C28H29N9OS2/c1-18(2)33-22-14-25(34-19-5-6-21-24(13-19)40-17-32-21)31-15-20(22)26-35-23(16-39-26)27(38)36-9-4-10-37(12-11-36)28-29-7-3-8-30-28/h3,5-8,13-18H,4,9-12H2,1-2H3,(H2,31,33,34). The summed E-state index contributed by atoms with van der Waals surface area (Å²) >= 11 is 3.06. The van der Waals surface area contributed by atoms with Gasteiger partial charge in [0, 0.05) is 73.6 Å². The van der Waals surface area contributed by atoms with Crippen LogP contribution < -0.4 is 15.5 Å². The minimum absolute atomic E-state index is 0.0543. The molecule has 4 aromatic heterocycles. The zero-order valence-corrected chi connectivity index (χ0v) is 23.9. The molecule has 1 aliphatic heterocycles. The lowest BCUT2D eigenvalue weighted by atomic mass is 10.2. The third-order valence-electron chi connectivity index (χ3n) is 6.52. The first-order valence-corrected chi connectivity index (χ1v) is 14.9. The molecular weight excluding hydrogens is 543 g/mol. The summed E-state index contributed by atoms with van der Waals surface area (Å²) < 4.78 is 1.12. The first kappa shape index (κ1) is 26.1. The summed E-state index contributed by atoms with van der Waals surface area (Å²) in [6.45, 7) is 6.95. The number of rotatable bonds is 7. The number of fused-ring (bicyclic) bond motifs is 1. The molecule has 0 unspecified atom stereocenters. The van der Waals surface area contributed by atoms with Gasteiger partial charge in [-0.2, -0.15) is 0 Å². The van der Waals surface area contributed by atoms with E-state index in [1.807, 2.05) is 46.3 Å². The molecule has 5 aromatic rings. The van der Waals surface area contributed by atoms with Crippen LogP contribution in [0, 0.1) is 0 Å². The molecule has 0 aliphatic carbocycles. The lowest BCUT2D eigenvalue weighted by molar-refractivity contribution is 0.0762. The Kier molecular flexibility index (Phi) is 7.51. The molecule has 204 valence electrons. The normalized spacial score (nSPS) is 14.0. The van der Waals surface area contributed by atoms with E-state index >= 15 is 0 Å². The largest absolute Gasteiger partial charge is 0.382 e. The van der Waals surface area contributed by atoms with Crippen LogP contribution in [-0.2, 0) is 0 Å². The van der Waals surface area contributed by atoms with Gasteiger partial charge in [-0.15, -0.1) is 22.7 Å². The molecule has 1 aliphatic rings. The maximum absolute atomic E-state index is 13.4. The van der Waals surface area contributed by atoms with Gasteiger partial charge in [0.25, 0.3) is 5.91 Å². The molecule has 0 radical (unpaired) electrons. The smallest absolute Gasteiger partial charge is 0.273 e. The molecule has 0 bridgehead atoms. The number of hydrogen-bond donors (Lipinski definition) is 2. The monoisotopic (exact) mass is 571 g/mol. The van der Waals surface area contributed by atoms with Gasteiger partial charge in [-0.25, -0.2) is 24.9 Å². The van der Waals surface area contributed by atoms with Crippen molar-refractivity contribution in [1.29, 1.82) is 0 Å². The van der Waals surface area contributed by atoms with E-state index in [2.05, 4.69) is 55.4 Å². The Bertz CT molecular complexity index is 1620. The summed E-state index contributed by atoms with van der Waals surface area (Å²) in [6, 6.07) is 10.1. The van der Waals surface area contributed by atoms with Gasteiger partial charge in [-0.3, -0.25) is 4.79 Å². The minimum Gasteiger partial charge on any atom is -0.382 e. The van der Waals surface area contributed by atoms with E-state index in [0.717, 1.165) is 50.9 Å². The SMILES string of the molecule is CC(C)Nc1cc(Nc2ccc3ncsc3c2)ncc1-c1nc(C(=O)N2CCCN(c3ncccn3)CC2)cs1. The second-order valence-electron chi connectivity index (χ2n) is 9.79. The highest BCUT2D eigenvalue weighted by molar-refractivity contribution is 7.16. The van der Waals surface area contributed by atoms with Gasteiger partial charge < -0.3 is 20.4 Å². The molecule has 5 heterocycles. The molecule has 0 spiro atoms. The average Bonchev–Trinajstić information content (AvgIpc) is 3.57. The molecule has 0 atom stereocenters. The summed E-state index contributed by atoms with van der Waals surface area (Å²) in [5.41, 5.74) is 6.01. The molecule has 1 aromatic carbocycles. The summed E-state index contributed by atoms with van der Waals surface area (Å²) in [4.78, 5) is 39.9. The van der Waals surface area contributed by atoms with Crippen molar-refractivity contribution in [2.24, 2.45) is 0 Å². The van der Waals surface area contributed by atoms with Crippen LogP contribution in [0.15, 0.2) is 59.8 Å². The van der Waals surface area contributed by atoms with Crippen LogP contribution >= 0.6 is 22.7 Å². The van der Waals surface area contributed by atoms with E-state index in [1.165, 1.54) is 11.3 Å². The van der Waals surface area contributed by atoms with Crippen molar-refractivity contribution in [3.8, 4) is 10.6 Å². The number of hydrogen-bond acceptors (Lipinski definition) is 11. The van der Waals surface area contributed by atoms with Crippen LogP contribution in [-0.4, -0.2) is 67.9 Å². The summed E-state index contributed by atoms with van der Waals surface area (Å²) in [6.07, 6.45) is 6.15. The van der Waals surface area contributed by atoms with Crippen molar-refractivity contribution in [2.75, 3.05) is 41.7 Å². The van der Waals surface area contributed by atoms with E-state index in [1.54, 1.807) is 23.7 Å². The van der Waals surface area contributed by atoms with E-state index < -0.39 is 0 Å². The number of thiazole rings is 2. The van der Waals surface area contributed by atoms with Crippen LogP contribution in [0.5, 0.6) is 0 Å². The fraction of sp³-hybridized carbons (Fsp3) is 0.286. The zero-order valence-electron chi connectivity index (χ0n) is 22.2. The lowest BCUT2D eigenvalue weighted by Crippen LogP contribution is -2.35. The Hall–Kier alpha value is -4.16. The second kappa shape index (κ2) is 11.5. The Morgan fingerprint density at radius 2 is 1.88 bits per heavy atom. The average molecular weight is 572 g/mol. The molecule has 6 rings (SSSR count). The zero-order chi connectivity index (χ0) is 27.5. The van der Waals surface area contributed by atoms with Crippen LogP contribution in [0.25, 0.3) is 20.8 Å². The van der Waals surface area contributed by atoms with Gasteiger partial charge in [0.1, 0.15) is 16.5 Å². The number of carbonyl (C=O) groups excluding carboxylic acids is 1. The van der Waals surface area contributed by atoms with Crippen LogP contribution in [0.1, 0.15) is 30.8 Å². The quantitative estimate of drug-likeness (QED) is 0.261.